The molecule has 1 atom stereocenters. The Kier molecular flexibility index (Phi) is 7.30. The van der Waals surface area contributed by atoms with E-state index < -0.39 is 0 Å². The Labute approximate surface area is 145 Å². The summed E-state index contributed by atoms with van der Waals surface area (Å²) in [6.07, 6.45) is 4.25. The molecule has 1 aromatic carbocycles. The van der Waals surface area contributed by atoms with Gasteiger partial charge in [-0.3, -0.25) is 4.90 Å². The van der Waals surface area contributed by atoms with Crippen LogP contribution in [0.5, 0.6) is 0 Å². The third kappa shape index (κ3) is 5.34. The van der Waals surface area contributed by atoms with Gasteiger partial charge < -0.3 is 4.79 Å². The number of rotatable bonds is 9. The van der Waals surface area contributed by atoms with Crippen molar-refractivity contribution in [3.8, 4) is 0 Å². The number of benzene rings is 1. The van der Waals surface area contributed by atoms with Crippen LogP contribution in [0.3, 0.4) is 0 Å². The van der Waals surface area contributed by atoms with E-state index in [1.54, 1.807) is 11.3 Å². The Bertz CT molecular complexity index is 553. The van der Waals surface area contributed by atoms with Gasteiger partial charge in [0.25, 0.3) is 0 Å². The average molecular weight is 380 g/mol. The van der Waals surface area contributed by atoms with E-state index >= 15 is 0 Å². The molecule has 0 saturated heterocycles. The molecule has 22 heavy (non-hydrogen) atoms. The van der Waals surface area contributed by atoms with E-state index in [-0.39, 0.29) is 6.04 Å². The van der Waals surface area contributed by atoms with Gasteiger partial charge in [0, 0.05) is 22.4 Å². The lowest BCUT2D eigenvalue weighted by molar-refractivity contribution is -0.113. The van der Waals surface area contributed by atoms with Gasteiger partial charge in [0.05, 0.1) is 6.04 Å². The van der Waals surface area contributed by atoms with Crippen LogP contribution in [0.4, 0.5) is 0 Å². The van der Waals surface area contributed by atoms with Crippen molar-refractivity contribution in [2.75, 3.05) is 0 Å². The van der Waals surface area contributed by atoms with Crippen molar-refractivity contribution in [2.45, 2.75) is 45.3 Å². The van der Waals surface area contributed by atoms with E-state index in [1.165, 1.54) is 10.4 Å². The summed E-state index contributed by atoms with van der Waals surface area (Å²) in [6, 6.07) is 12.5. The number of unbranched alkanes of at least 4 members (excludes halogenated alkanes) is 1. The molecule has 118 valence electrons. The van der Waals surface area contributed by atoms with Crippen molar-refractivity contribution in [2.24, 2.45) is 0 Å². The minimum absolute atomic E-state index is 0.00861. The molecule has 0 aliphatic carbocycles. The number of hydrogen-bond acceptors (Lipinski definition) is 3. The predicted molar refractivity (Wildman–Crippen MR) is 97.1 cm³/mol. The van der Waals surface area contributed by atoms with Crippen LogP contribution in [0.25, 0.3) is 0 Å². The molecule has 1 unspecified atom stereocenters. The second-order valence-electron chi connectivity index (χ2n) is 5.46. The maximum atomic E-state index is 11.6. The largest absolute Gasteiger partial charge is 0.302 e. The fourth-order valence-electron chi connectivity index (χ4n) is 2.47. The maximum absolute atomic E-state index is 11.6. The first-order valence-electron chi connectivity index (χ1n) is 7.69. The molecule has 0 spiro atoms. The lowest BCUT2D eigenvalue weighted by atomic mass is 10.1. The van der Waals surface area contributed by atoms with Crippen molar-refractivity contribution in [1.29, 1.82) is 0 Å². The van der Waals surface area contributed by atoms with Gasteiger partial charge in [-0.2, -0.15) is 0 Å². The predicted octanol–water partition coefficient (Wildman–Crippen LogP) is 5.27. The van der Waals surface area contributed by atoms with Crippen molar-refractivity contribution < 1.29 is 4.79 Å². The Morgan fingerprint density at radius 1 is 1.23 bits per heavy atom. The summed E-state index contributed by atoms with van der Waals surface area (Å²) in [6.45, 7) is 3.80. The molecule has 0 aliphatic rings. The van der Waals surface area contributed by atoms with E-state index in [2.05, 4.69) is 69.5 Å². The first-order chi connectivity index (χ1) is 10.7. The summed E-state index contributed by atoms with van der Waals surface area (Å²) in [5.74, 6) is 0. The van der Waals surface area contributed by atoms with Gasteiger partial charge in [0.2, 0.25) is 0 Å². The lowest BCUT2D eigenvalue weighted by Crippen LogP contribution is -2.35. The fraction of sp³-hybridized carbons (Fsp3) is 0.389. The molecule has 1 aromatic heterocycles. The molecule has 0 saturated carbocycles. The third-order valence-corrected chi connectivity index (χ3v) is 5.11. The fourth-order valence-corrected chi connectivity index (χ4v) is 3.46. The van der Waals surface area contributed by atoms with Crippen LogP contribution >= 0.6 is 27.3 Å². The number of aldehydes is 1. The summed E-state index contributed by atoms with van der Waals surface area (Å²) >= 11 is 5.22. The van der Waals surface area contributed by atoms with Crippen LogP contribution in [0.2, 0.25) is 0 Å². The monoisotopic (exact) mass is 379 g/mol. The summed E-state index contributed by atoms with van der Waals surface area (Å²) < 4.78 is 1.08. The van der Waals surface area contributed by atoms with Crippen LogP contribution in [0.15, 0.2) is 46.3 Å². The van der Waals surface area contributed by atoms with Gasteiger partial charge in [-0.05, 0) is 35.6 Å². The van der Waals surface area contributed by atoms with E-state index in [0.717, 1.165) is 43.1 Å². The highest BCUT2D eigenvalue weighted by Crippen LogP contribution is 2.20. The maximum Gasteiger partial charge on any atom is 0.137 e. The Morgan fingerprint density at radius 3 is 2.59 bits per heavy atom. The van der Waals surface area contributed by atoms with Crippen molar-refractivity contribution >= 4 is 33.6 Å². The molecule has 4 heteroatoms. The quantitative estimate of drug-likeness (QED) is 0.553. The zero-order chi connectivity index (χ0) is 15.8. The van der Waals surface area contributed by atoms with Crippen LogP contribution in [-0.4, -0.2) is 17.2 Å². The number of nitrogens with zero attached hydrogens (tertiary/aromatic N) is 1. The molecule has 2 rings (SSSR count). The van der Waals surface area contributed by atoms with Crippen molar-refractivity contribution in [3.05, 3.63) is 56.7 Å². The molecule has 0 aliphatic heterocycles. The number of hydrogen-bond donors (Lipinski definition) is 0. The van der Waals surface area contributed by atoms with Gasteiger partial charge >= 0.3 is 0 Å². The topological polar surface area (TPSA) is 20.3 Å². The van der Waals surface area contributed by atoms with E-state index in [0.29, 0.717) is 0 Å². The van der Waals surface area contributed by atoms with E-state index in [1.807, 2.05) is 0 Å². The summed E-state index contributed by atoms with van der Waals surface area (Å²) in [5.41, 5.74) is 1.24. The molecule has 0 amide bonds. The minimum atomic E-state index is -0.00861. The standard InChI is InChI=1S/C18H22BrNOS/c1-2-3-5-17(14-21)20(13-18-6-4-11-22-18)12-15-7-9-16(19)10-8-15/h4,6-11,14,17H,2-3,5,12-13H2,1H3. The molecule has 0 bridgehead atoms. The second kappa shape index (κ2) is 9.23. The van der Waals surface area contributed by atoms with Gasteiger partial charge in [-0.15, -0.1) is 11.3 Å². The summed E-state index contributed by atoms with van der Waals surface area (Å²) in [5, 5.41) is 2.09. The highest BCUT2D eigenvalue weighted by molar-refractivity contribution is 9.10. The van der Waals surface area contributed by atoms with Gasteiger partial charge in [0.15, 0.2) is 0 Å². The SMILES string of the molecule is CCCCC(C=O)N(Cc1ccc(Br)cc1)Cc1cccs1. The first kappa shape index (κ1) is 17.4. The summed E-state index contributed by atoms with van der Waals surface area (Å²) in [4.78, 5) is 15.2. The molecule has 0 fully saturated rings. The third-order valence-electron chi connectivity index (χ3n) is 3.72. The van der Waals surface area contributed by atoms with Crippen LogP contribution in [-0.2, 0) is 17.9 Å². The van der Waals surface area contributed by atoms with Gasteiger partial charge in [-0.25, -0.2) is 0 Å². The van der Waals surface area contributed by atoms with Crippen LogP contribution < -0.4 is 0 Å². The molecule has 0 N–H and O–H groups in total. The zero-order valence-electron chi connectivity index (χ0n) is 12.9. The van der Waals surface area contributed by atoms with Crippen LogP contribution in [0, 0.1) is 0 Å². The Morgan fingerprint density at radius 2 is 2.00 bits per heavy atom. The number of carbonyl (C=O) groups excluding carboxylic acids is 1. The summed E-state index contributed by atoms with van der Waals surface area (Å²) in [7, 11) is 0. The first-order valence-corrected chi connectivity index (χ1v) is 9.36. The molecular weight excluding hydrogens is 358 g/mol. The molecule has 0 radical (unpaired) electrons. The normalized spacial score (nSPS) is 12.5. The van der Waals surface area contributed by atoms with Crippen LogP contribution in [0.1, 0.15) is 36.6 Å². The van der Waals surface area contributed by atoms with Crippen molar-refractivity contribution in [1.82, 2.24) is 4.90 Å². The Balaban J connectivity index is 2.12. The van der Waals surface area contributed by atoms with E-state index in [4.69, 9.17) is 0 Å². The molecule has 2 aromatic rings. The van der Waals surface area contributed by atoms with Gasteiger partial charge in [-0.1, -0.05) is 53.9 Å². The molecule has 1 heterocycles. The Hall–Kier alpha value is -0.970. The highest BCUT2D eigenvalue weighted by Gasteiger charge is 2.18. The van der Waals surface area contributed by atoms with E-state index in [9.17, 15) is 4.79 Å². The minimum Gasteiger partial charge on any atom is -0.302 e. The zero-order valence-corrected chi connectivity index (χ0v) is 15.3. The highest BCUT2D eigenvalue weighted by atomic mass is 79.9. The number of halogens is 1. The van der Waals surface area contributed by atoms with Crippen molar-refractivity contribution in [3.63, 3.8) is 0 Å². The smallest absolute Gasteiger partial charge is 0.137 e. The average Bonchev–Trinajstić information content (AvgIpc) is 3.03. The lowest BCUT2D eigenvalue weighted by Gasteiger charge is -2.27. The molecule has 2 nitrogen and oxygen atoms in total. The molecular formula is C18H22BrNOS. The second-order valence-corrected chi connectivity index (χ2v) is 7.40. The number of thiophene rings is 1. The van der Waals surface area contributed by atoms with Gasteiger partial charge in [0.1, 0.15) is 6.29 Å². The number of carbonyl (C=O) groups is 1.